The van der Waals surface area contributed by atoms with Crippen LogP contribution >= 0.6 is 0 Å². The predicted molar refractivity (Wildman–Crippen MR) is 60.9 cm³/mol. The molecule has 2 aromatic rings. The van der Waals surface area contributed by atoms with Gasteiger partial charge in [-0.05, 0) is 31.4 Å². The lowest BCUT2D eigenvalue weighted by molar-refractivity contribution is 0.00962. The molecule has 0 saturated carbocycles. The molecule has 0 N–H and O–H groups in total. The van der Waals surface area contributed by atoms with Gasteiger partial charge in [0.05, 0.1) is 0 Å². The van der Waals surface area contributed by atoms with Crippen LogP contribution in [0.4, 0.5) is 0 Å². The molecule has 2 aromatic heterocycles. The highest BCUT2D eigenvalue weighted by Crippen LogP contribution is 2.25. The predicted octanol–water partition coefficient (Wildman–Crippen LogP) is 1.78. The first-order chi connectivity index (χ1) is 8.36. The maximum absolute atomic E-state index is 10.7. The zero-order valence-electron chi connectivity index (χ0n) is 9.37. The van der Waals surface area contributed by atoms with Crippen LogP contribution in [0, 0.1) is 0 Å². The van der Waals surface area contributed by atoms with E-state index in [1.807, 2.05) is 0 Å². The number of hydrogen-bond acceptors (Lipinski definition) is 4. The maximum atomic E-state index is 10.7. The van der Waals surface area contributed by atoms with Crippen LogP contribution < -0.4 is 0 Å². The summed E-state index contributed by atoms with van der Waals surface area (Å²) in [6, 6.07) is 3.53. The summed E-state index contributed by atoms with van der Waals surface area (Å²) in [4.78, 5) is 15.1. The molecule has 0 spiro atoms. The highest BCUT2D eigenvalue weighted by atomic mass is 16.5. The molecule has 88 valence electrons. The molecule has 1 unspecified atom stereocenters. The molecule has 0 amide bonds. The molecule has 17 heavy (non-hydrogen) atoms. The normalized spacial score (nSPS) is 20.6. The van der Waals surface area contributed by atoms with Gasteiger partial charge in [-0.15, -0.1) is 5.10 Å². The monoisotopic (exact) mass is 231 g/mol. The summed E-state index contributed by atoms with van der Waals surface area (Å²) in [5.74, 6) is 0.716. The van der Waals surface area contributed by atoms with E-state index in [9.17, 15) is 4.79 Å². The van der Waals surface area contributed by atoms with Gasteiger partial charge in [0, 0.05) is 18.4 Å². The van der Waals surface area contributed by atoms with Crippen molar-refractivity contribution in [2.45, 2.75) is 25.4 Å². The molecule has 1 aliphatic rings. The van der Waals surface area contributed by atoms with Crippen LogP contribution in [0.5, 0.6) is 0 Å². The summed E-state index contributed by atoms with van der Waals surface area (Å²) in [5, 5.41) is 4.37. The van der Waals surface area contributed by atoms with E-state index >= 15 is 0 Å². The van der Waals surface area contributed by atoms with E-state index < -0.39 is 0 Å². The Hall–Kier alpha value is -1.75. The number of aldehydes is 1. The minimum atomic E-state index is 0.00308. The molecule has 5 nitrogen and oxygen atoms in total. The van der Waals surface area contributed by atoms with Crippen molar-refractivity contribution in [3.8, 4) is 0 Å². The smallest absolute Gasteiger partial charge is 0.180 e. The van der Waals surface area contributed by atoms with Gasteiger partial charge in [-0.1, -0.05) is 0 Å². The minimum absolute atomic E-state index is 0.00308. The summed E-state index contributed by atoms with van der Waals surface area (Å²) in [6.45, 7) is 0.778. The fourth-order valence-corrected chi connectivity index (χ4v) is 2.07. The van der Waals surface area contributed by atoms with Crippen molar-refractivity contribution in [1.29, 1.82) is 0 Å². The summed E-state index contributed by atoms with van der Waals surface area (Å²) in [7, 11) is 0. The van der Waals surface area contributed by atoms with E-state index in [0.29, 0.717) is 11.4 Å². The van der Waals surface area contributed by atoms with Crippen LogP contribution in [0.3, 0.4) is 0 Å². The lowest BCUT2D eigenvalue weighted by Gasteiger charge is -2.19. The van der Waals surface area contributed by atoms with Gasteiger partial charge in [-0.3, -0.25) is 4.79 Å². The topological polar surface area (TPSA) is 56.5 Å². The Morgan fingerprint density at radius 3 is 3.12 bits per heavy atom. The van der Waals surface area contributed by atoms with E-state index in [4.69, 9.17) is 4.74 Å². The van der Waals surface area contributed by atoms with Crippen molar-refractivity contribution in [3.63, 3.8) is 0 Å². The third-order valence-electron chi connectivity index (χ3n) is 2.97. The van der Waals surface area contributed by atoms with E-state index in [2.05, 4.69) is 10.1 Å². The van der Waals surface area contributed by atoms with Crippen molar-refractivity contribution >= 4 is 11.9 Å². The summed E-state index contributed by atoms with van der Waals surface area (Å²) in [5.41, 5.74) is 1.35. The number of pyridine rings is 1. The quantitative estimate of drug-likeness (QED) is 0.739. The fourth-order valence-electron chi connectivity index (χ4n) is 2.07. The molecule has 1 atom stereocenters. The van der Waals surface area contributed by atoms with Crippen LogP contribution in [0.25, 0.3) is 5.65 Å². The van der Waals surface area contributed by atoms with Gasteiger partial charge in [0.25, 0.3) is 0 Å². The zero-order chi connectivity index (χ0) is 11.7. The third kappa shape index (κ3) is 1.93. The molecule has 5 heteroatoms. The van der Waals surface area contributed by atoms with Gasteiger partial charge in [0.2, 0.25) is 0 Å². The first kappa shape index (κ1) is 10.4. The molecule has 0 aliphatic carbocycles. The second kappa shape index (κ2) is 4.25. The number of aromatic nitrogens is 3. The molecule has 1 aliphatic heterocycles. The Labute approximate surface area is 98.4 Å². The highest BCUT2D eigenvalue weighted by Gasteiger charge is 2.20. The van der Waals surface area contributed by atoms with E-state index in [1.165, 1.54) is 0 Å². The zero-order valence-corrected chi connectivity index (χ0v) is 9.37. The molecular weight excluding hydrogens is 218 g/mol. The van der Waals surface area contributed by atoms with Crippen LogP contribution in [0.1, 0.15) is 41.5 Å². The molecule has 0 aromatic carbocycles. The molecule has 0 radical (unpaired) electrons. The van der Waals surface area contributed by atoms with Gasteiger partial charge >= 0.3 is 0 Å². The Morgan fingerprint density at radius 2 is 2.35 bits per heavy atom. The summed E-state index contributed by atoms with van der Waals surface area (Å²) < 4.78 is 7.28. The number of hydrogen-bond donors (Lipinski definition) is 0. The molecule has 3 heterocycles. The van der Waals surface area contributed by atoms with Gasteiger partial charge in [0.15, 0.2) is 17.8 Å². The van der Waals surface area contributed by atoms with Gasteiger partial charge in [0.1, 0.15) is 6.10 Å². The molecule has 1 fully saturated rings. The Morgan fingerprint density at radius 1 is 1.41 bits per heavy atom. The van der Waals surface area contributed by atoms with Crippen LogP contribution in [-0.4, -0.2) is 27.5 Å². The number of rotatable bonds is 2. The average molecular weight is 231 g/mol. The SMILES string of the molecule is O=Cc1ccc2nc(C3CCCCO3)nn2c1. The Balaban J connectivity index is 1.97. The first-order valence-corrected chi connectivity index (χ1v) is 5.80. The summed E-state index contributed by atoms with van der Waals surface area (Å²) >= 11 is 0. The maximum Gasteiger partial charge on any atom is 0.180 e. The lowest BCUT2D eigenvalue weighted by atomic mass is 10.1. The van der Waals surface area contributed by atoms with Gasteiger partial charge in [-0.25, -0.2) is 9.50 Å². The summed E-state index contributed by atoms with van der Waals surface area (Å²) in [6.07, 6.45) is 5.72. The molecule has 1 saturated heterocycles. The van der Waals surface area contributed by atoms with Crippen LogP contribution in [-0.2, 0) is 4.74 Å². The lowest BCUT2D eigenvalue weighted by Crippen LogP contribution is -2.12. The minimum Gasteiger partial charge on any atom is -0.370 e. The molecule has 0 bridgehead atoms. The number of carbonyl (C=O) groups excluding carboxylic acids is 1. The Bertz CT molecular complexity index is 544. The third-order valence-corrected chi connectivity index (χ3v) is 2.97. The van der Waals surface area contributed by atoms with Crippen molar-refractivity contribution in [3.05, 3.63) is 29.7 Å². The van der Waals surface area contributed by atoms with Crippen LogP contribution in [0.15, 0.2) is 18.3 Å². The standard InChI is InChI=1S/C12H13N3O2/c16-8-9-4-5-11-13-12(14-15(11)7-9)10-3-1-2-6-17-10/h4-5,7-8,10H,1-3,6H2. The largest absolute Gasteiger partial charge is 0.370 e. The van der Waals surface area contributed by atoms with Gasteiger partial charge in [-0.2, -0.15) is 0 Å². The highest BCUT2D eigenvalue weighted by molar-refractivity contribution is 5.74. The number of fused-ring (bicyclic) bond motifs is 1. The second-order valence-electron chi connectivity index (χ2n) is 4.21. The molecular formula is C12H13N3O2. The second-order valence-corrected chi connectivity index (χ2v) is 4.21. The number of nitrogens with zero attached hydrogens (tertiary/aromatic N) is 3. The first-order valence-electron chi connectivity index (χ1n) is 5.80. The number of carbonyl (C=O) groups is 1. The van der Waals surface area contributed by atoms with E-state index in [0.717, 1.165) is 37.8 Å². The molecule has 3 rings (SSSR count). The van der Waals surface area contributed by atoms with Crippen molar-refractivity contribution in [1.82, 2.24) is 14.6 Å². The van der Waals surface area contributed by atoms with Gasteiger partial charge < -0.3 is 4.74 Å². The number of ether oxygens (including phenoxy) is 1. The Kier molecular flexibility index (Phi) is 2.60. The van der Waals surface area contributed by atoms with E-state index in [1.54, 1.807) is 22.8 Å². The van der Waals surface area contributed by atoms with Crippen LogP contribution in [0.2, 0.25) is 0 Å². The van der Waals surface area contributed by atoms with Crippen molar-refractivity contribution in [2.75, 3.05) is 6.61 Å². The van der Waals surface area contributed by atoms with E-state index in [-0.39, 0.29) is 6.10 Å². The van der Waals surface area contributed by atoms with Crippen molar-refractivity contribution in [2.24, 2.45) is 0 Å². The average Bonchev–Trinajstić information content (AvgIpc) is 2.82. The van der Waals surface area contributed by atoms with Crippen molar-refractivity contribution < 1.29 is 9.53 Å². The fraction of sp³-hybridized carbons (Fsp3) is 0.417.